The van der Waals surface area contributed by atoms with E-state index in [1.807, 2.05) is 19.1 Å². The summed E-state index contributed by atoms with van der Waals surface area (Å²) in [6.07, 6.45) is -0.489. The van der Waals surface area contributed by atoms with Gasteiger partial charge in [-0.05, 0) is 25.5 Å². The lowest BCUT2D eigenvalue weighted by atomic mass is 10.1. The third-order valence-electron chi connectivity index (χ3n) is 2.09. The molecule has 0 spiro atoms. The maximum atomic E-state index is 9.27. The third kappa shape index (κ3) is 3.20. The molecule has 0 heterocycles. The van der Waals surface area contributed by atoms with Gasteiger partial charge >= 0.3 is 0 Å². The lowest BCUT2D eigenvalue weighted by Gasteiger charge is -2.12. The molecule has 2 N–H and O–H groups in total. The molecule has 14 heavy (non-hydrogen) atoms. The molecule has 0 aromatic heterocycles. The van der Waals surface area contributed by atoms with Crippen molar-refractivity contribution in [3.8, 4) is 0 Å². The van der Waals surface area contributed by atoms with Crippen LogP contribution in [0.5, 0.6) is 0 Å². The van der Waals surface area contributed by atoms with Crippen molar-refractivity contribution in [2.45, 2.75) is 20.0 Å². The van der Waals surface area contributed by atoms with E-state index in [-0.39, 0.29) is 5.88 Å². The second kappa shape index (κ2) is 5.23. The van der Waals surface area contributed by atoms with Crippen LogP contribution in [0.1, 0.15) is 11.1 Å². The van der Waals surface area contributed by atoms with Crippen LogP contribution in [0.4, 0.5) is 5.69 Å². The van der Waals surface area contributed by atoms with Crippen molar-refractivity contribution < 1.29 is 5.11 Å². The highest BCUT2D eigenvalue weighted by atomic mass is 35.5. The van der Waals surface area contributed by atoms with Crippen LogP contribution in [0.3, 0.4) is 0 Å². The minimum Gasteiger partial charge on any atom is -0.390 e. The normalized spacial score (nSPS) is 12.6. The van der Waals surface area contributed by atoms with Crippen LogP contribution in [0.15, 0.2) is 18.2 Å². The van der Waals surface area contributed by atoms with Crippen molar-refractivity contribution in [3.63, 3.8) is 0 Å². The zero-order valence-electron chi connectivity index (χ0n) is 8.55. The molecule has 0 aliphatic carbocycles. The monoisotopic (exact) mass is 213 g/mol. The lowest BCUT2D eigenvalue weighted by molar-refractivity contribution is 0.211. The number of benzene rings is 1. The number of aryl methyl sites for hydroxylation is 2. The maximum Gasteiger partial charge on any atom is 0.0847 e. The quantitative estimate of drug-likeness (QED) is 0.753. The van der Waals surface area contributed by atoms with Gasteiger partial charge in [-0.15, -0.1) is 11.6 Å². The third-order valence-corrected chi connectivity index (χ3v) is 2.44. The Morgan fingerprint density at radius 3 is 2.71 bits per heavy atom. The van der Waals surface area contributed by atoms with E-state index < -0.39 is 6.10 Å². The number of nitrogens with one attached hydrogen (secondary N) is 1. The number of aliphatic hydroxyl groups is 1. The number of rotatable bonds is 4. The largest absolute Gasteiger partial charge is 0.390 e. The number of alkyl halides is 1. The average Bonchev–Trinajstić information content (AvgIpc) is 2.16. The van der Waals surface area contributed by atoms with Crippen LogP contribution in [0, 0.1) is 13.8 Å². The summed E-state index contributed by atoms with van der Waals surface area (Å²) in [4.78, 5) is 0. The van der Waals surface area contributed by atoms with E-state index in [4.69, 9.17) is 11.6 Å². The first-order chi connectivity index (χ1) is 6.63. The van der Waals surface area contributed by atoms with Gasteiger partial charge in [-0.25, -0.2) is 0 Å². The van der Waals surface area contributed by atoms with Gasteiger partial charge in [-0.3, -0.25) is 0 Å². The van der Waals surface area contributed by atoms with Crippen LogP contribution in [-0.2, 0) is 0 Å². The molecular formula is C11H16ClNO. The summed E-state index contributed by atoms with van der Waals surface area (Å²) in [7, 11) is 0. The molecule has 0 aliphatic heterocycles. The molecule has 2 nitrogen and oxygen atoms in total. The molecule has 0 fully saturated rings. The van der Waals surface area contributed by atoms with Crippen molar-refractivity contribution in [3.05, 3.63) is 29.3 Å². The smallest absolute Gasteiger partial charge is 0.0847 e. The van der Waals surface area contributed by atoms with Crippen LogP contribution in [-0.4, -0.2) is 23.6 Å². The molecule has 1 rings (SSSR count). The first-order valence-electron chi connectivity index (χ1n) is 4.68. The Morgan fingerprint density at radius 1 is 1.43 bits per heavy atom. The Hall–Kier alpha value is -0.730. The summed E-state index contributed by atoms with van der Waals surface area (Å²) in [5, 5.41) is 12.4. The van der Waals surface area contributed by atoms with Crippen LogP contribution in [0.25, 0.3) is 0 Å². The first kappa shape index (κ1) is 11.3. The van der Waals surface area contributed by atoms with Gasteiger partial charge in [0.05, 0.1) is 12.0 Å². The van der Waals surface area contributed by atoms with Gasteiger partial charge in [-0.2, -0.15) is 0 Å². The number of halogens is 1. The van der Waals surface area contributed by atoms with Gasteiger partial charge in [0.25, 0.3) is 0 Å². The van der Waals surface area contributed by atoms with Crippen molar-refractivity contribution in [2.24, 2.45) is 0 Å². The van der Waals surface area contributed by atoms with Crippen molar-refractivity contribution in [1.82, 2.24) is 0 Å². The van der Waals surface area contributed by atoms with Crippen LogP contribution in [0.2, 0.25) is 0 Å². The number of hydrogen-bond acceptors (Lipinski definition) is 2. The summed E-state index contributed by atoms with van der Waals surface area (Å²) in [5.41, 5.74) is 3.48. The van der Waals surface area contributed by atoms with E-state index in [2.05, 4.69) is 18.3 Å². The molecule has 78 valence electrons. The molecule has 0 aliphatic rings. The fourth-order valence-electron chi connectivity index (χ4n) is 1.29. The Kier molecular flexibility index (Phi) is 4.23. The molecule has 1 aromatic rings. The molecule has 3 heteroatoms. The zero-order chi connectivity index (χ0) is 10.6. The van der Waals surface area contributed by atoms with E-state index in [0.717, 1.165) is 5.69 Å². The Morgan fingerprint density at radius 2 is 2.14 bits per heavy atom. The predicted molar refractivity (Wildman–Crippen MR) is 61.1 cm³/mol. The molecule has 1 atom stereocenters. The van der Waals surface area contributed by atoms with Crippen molar-refractivity contribution in [2.75, 3.05) is 17.7 Å². The van der Waals surface area contributed by atoms with E-state index in [9.17, 15) is 5.11 Å². The van der Waals surface area contributed by atoms with Gasteiger partial charge in [-0.1, -0.05) is 17.7 Å². The zero-order valence-corrected chi connectivity index (χ0v) is 9.30. The predicted octanol–water partition coefficient (Wildman–Crippen LogP) is 2.32. The minimum atomic E-state index is -0.489. The summed E-state index contributed by atoms with van der Waals surface area (Å²) in [6.45, 7) is 4.60. The highest BCUT2D eigenvalue weighted by Gasteiger charge is 2.02. The van der Waals surface area contributed by atoms with Crippen LogP contribution >= 0.6 is 11.6 Å². The van der Waals surface area contributed by atoms with Gasteiger partial charge in [0.2, 0.25) is 0 Å². The standard InChI is InChI=1S/C11H16ClNO/c1-8-3-4-11(9(2)5-8)13-7-10(14)6-12/h3-5,10,13-14H,6-7H2,1-2H3. The molecule has 1 unspecified atom stereocenters. The van der Waals surface area contributed by atoms with Gasteiger partial charge in [0.15, 0.2) is 0 Å². The van der Waals surface area contributed by atoms with E-state index >= 15 is 0 Å². The minimum absolute atomic E-state index is 0.262. The molecule has 0 saturated heterocycles. The van der Waals surface area contributed by atoms with Crippen molar-refractivity contribution in [1.29, 1.82) is 0 Å². The van der Waals surface area contributed by atoms with E-state index in [1.165, 1.54) is 11.1 Å². The van der Waals surface area contributed by atoms with E-state index in [0.29, 0.717) is 6.54 Å². The number of anilines is 1. The van der Waals surface area contributed by atoms with Gasteiger partial charge in [0.1, 0.15) is 0 Å². The topological polar surface area (TPSA) is 32.3 Å². The summed E-state index contributed by atoms with van der Waals surface area (Å²) in [6, 6.07) is 6.17. The summed E-state index contributed by atoms with van der Waals surface area (Å²) in [5.74, 6) is 0.262. The Balaban J connectivity index is 2.59. The maximum absolute atomic E-state index is 9.27. The Labute approximate surface area is 89.9 Å². The van der Waals surface area contributed by atoms with Crippen molar-refractivity contribution >= 4 is 17.3 Å². The lowest BCUT2D eigenvalue weighted by Crippen LogP contribution is -2.21. The molecule has 0 amide bonds. The highest BCUT2D eigenvalue weighted by Crippen LogP contribution is 2.15. The first-order valence-corrected chi connectivity index (χ1v) is 5.22. The molecule has 0 bridgehead atoms. The molecule has 1 aromatic carbocycles. The second-order valence-corrected chi connectivity index (χ2v) is 3.82. The molecule has 0 radical (unpaired) electrons. The Bertz CT molecular complexity index is 301. The van der Waals surface area contributed by atoms with Crippen LogP contribution < -0.4 is 5.32 Å². The fraction of sp³-hybridized carbons (Fsp3) is 0.455. The second-order valence-electron chi connectivity index (χ2n) is 3.51. The highest BCUT2D eigenvalue weighted by molar-refractivity contribution is 6.18. The van der Waals surface area contributed by atoms with E-state index in [1.54, 1.807) is 0 Å². The number of hydrogen-bond donors (Lipinski definition) is 2. The summed E-state index contributed by atoms with van der Waals surface area (Å²) < 4.78 is 0. The summed E-state index contributed by atoms with van der Waals surface area (Å²) >= 11 is 5.49. The number of aliphatic hydroxyl groups excluding tert-OH is 1. The SMILES string of the molecule is Cc1ccc(NCC(O)CCl)c(C)c1. The van der Waals surface area contributed by atoms with Gasteiger partial charge < -0.3 is 10.4 Å². The molecule has 0 saturated carbocycles. The average molecular weight is 214 g/mol. The molecular weight excluding hydrogens is 198 g/mol. The van der Waals surface area contributed by atoms with Gasteiger partial charge in [0, 0.05) is 12.2 Å². The fourth-order valence-corrected chi connectivity index (χ4v) is 1.40.